The molecule has 0 spiro atoms. The fraction of sp³-hybridized carbons (Fsp3) is 0.278. The number of nitrogens with one attached hydrogen (secondary N) is 1. The normalized spacial score (nSPS) is 12.6. The second kappa shape index (κ2) is 6.83. The molecular weight excluding hydrogens is 276 g/mol. The molecule has 3 aromatic rings. The van der Waals surface area contributed by atoms with Crippen molar-refractivity contribution in [1.29, 1.82) is 0 Å². The minimum Gasteiger partial charge on any atom is -0.309 e. The van der Waals surface area contributed by atoms with Crippen LogP contribution >= 0.6 is 11.3 Å². The Hall–Kier alpha value is -1.71. The molecule has 0 bridgehead atoms. The van der Waals surface area contributed by atoms with Crippen molar-refractivity contribution >= 4 is 22.1 Å². The van der Waals surface area contributed by atoms with Crippen LogP contribution in [0.5, 0.6) is 0 Å². The molecule has 2 nitrogen and oxygen atoms in total. The molecule has 1 aromatic carbocycles. The number of hydrogen-bond donors (Lipinski definition) is 1. The van der Waals surface area contributed by atoms with E-state index in [1.54, 1.807) is 11.3 Å². The Morgan fingerprint density at radius 2 is 2.10 bits per heavy atom. The van der Waals surface area contributed by atoms with Crippen LogP contribution in [0.2, 0.25) is 0 Å². The highest BCUT2D eigenvalue weighted by atomic mass is 32.1. The van der Waals surface area contributed by atoms with E-state index in [0.717, 1.165) is 19.4 Å². The molecule has 0 aliphatic rings. The second-order valence-corrected chi connectivity index (χ2v) is 5.98. The lowest BCUT2D eigenvalue weighted by Gasteiger charge is -2.19. The van der Waals surface area contributed by atoms with E-state index >= 15 is 0 Å². The third kappa shape index (κ3) is 3.31. The summed E-state index contributed by atoms with van der Waals surface area (Å²) in [6.07, 6.45) is 4.09. The van der Waals surface area contributed by atoms with Crippen molar-refractivity contribution in [3.8, 4) is 0 Å². The Labute approximate surface area is 129 Å². The Kier molecular flexibility index (Phi) is 4.63. The van der Waals surface area contributed by atoms with Gasteiger partial charge in [-0.3, -0.25) is 4.98 Å². The number of benzene rings is 1. The number of aromatic nitrogens is 1. The van der Waals surface area contributed by atoms with Gasteiger partial charge in [0.15, 0.2) is 0 Å². The number of rotatable bonds is 6. The molecule has 1 N–H and O–H groups in total. The van der Waals surface area contributed by atoms with E-state index in [1.807, 2.05) is 6.20 Å². The number of hydrogen-bond acceptors (Lipinski definition) is 3. The van der Waals surface area contributed by atoms with Gasteiger partial charge in [-0.2, -0.15) is 11.3 Å². The van der Waals surface area contributed by atoms with Crippen LogP contribution in [0.3, 0.4) is 0 Å². The van der Waals surface area contributed by atoms with Gasteiger partial charge in [-0.1, -0.05) is 31.2 Å². The molecular formula is C18H20N2S. The quantitative estimate of drug-likeness (QED) is 0.720. The molecule has 108 valence electrons. The molecule has 0 saturated carbocycles. The zero-order valence-electron chi connectivity index (χ0n) is 12.3. The van der Waals surface area contributed by atoms with Gasteiger partial charge < -0.3 is 5.32 Å². The number of pyridine rings is 1. The average molecular weight is 296 g/mol. The summed E-state index contributed by atoms with van der Waals surface area (Å²) < 4.78 is 0. The van der Waals surface area contributed by atoms with Gasteiger partial charge in [0.1, 0.15) is 0 Å². The largest absolute Gasteiger partial charge is 0.309 e. The summed E-state index contributed by atoms with van der Waals surface area (Å²) in [6, 6.07) is 13.1. The van der Waals surface area contributed by atoms with Crippen molar-refractivity contribution < 1.29 is 0 Å². The van der Waals surface area contributed by atoms with Crippen molar-refractivity contribution in [3.05, 3.63) is 64.6 Å². The molecule has 0 aliphatic carbocycles. The summed E-state index contributed by atoms with van der Waals surface area (Å²) in [4.78, 5) is 4.67. The fourth-order valence-electron chi connectivity index (χ4n) is 2.75. The van der Waals surface area contributed by atoms with Gasteiger partial charge in [0.2, 0.25) is 0 Å². The highest BCUT2D eigenvalue weighted by Crippen LogP contribution is 2.25. The summed E-state index contributed by atoms with van der Waals surface area (Å²) in [5.41, 5.74) is 2.59. The maximum atomic E-state index is 4.67. The lowest BCUT2D eigenvalue weighted by molar-refractivity contribution is 0.508. The molecule has 0 aliphatic heterocycles. The molecule has 2 aromatic heterocycles. The first-order valence-corrected chi connectivity index (χ1v) is 8.41. The standard InChI is InChI=1S/C18H20N2S/c1-2-19-17(8-7-14-10-12-21-13-14)18-16-6-4-3-5-15(16)9-11-20-18/h3-6,9-13,17,19H,2,7-8H2,1H3. The van der Waals surface area contributed by atoms with E-state index in [4.69, 9.17) is 0 Å². The van der Waals surface area contributed by atoms with Crippen LogP contribution in [0.25, 0.3) is 10.8 Å². The molecule has 2 heterocycles. The number of aryl methyl sites for hydroxylation is 1. The van der Waals surface area contributed by atoms with E-state index in [2.05, 4.69) is 64.4 Å². The van der Waals surface area contributed by atoms with Crippen molar-refractivity contribution in [1.82, 2.24) is 10.3 Å². The van der Waals surface area contributed by atoms with Gasteiger partial charge in [-0.15, -0.1) is 0 Å². The van der Waals surface area contributed by atoms with Crippen LogP contribution in [0, 0.1) is 0 Å². The van der Waals surface area contributed by atoms with Gasteiger partial charge in [-0.05, 0) is 53.2 Å². The topological polar surface area (TPSA) is 24.9 Å². The molecule has 1 atom stereocenters. The molecule has 0 fully saturated rings. The van der Waals surface area contributed by atoms with E-state index in [0.29, 0.717) is 6.04 Å². The maximum absolute atomic E-state index is 4.67. The van der Waals surface area contributed by atoms with Gasteiger partial charge >= 0.3 is 0 Å². The van der Waals surface area contributed by atoms with Crippen LogP contribution in [0.4, 0.5) is 0 Å². The Balaban J connectivity index is 1.88. The van der Waals surface area contributed by atoms with E-state index in [-0.39, 0.29) is 0 Å². The summed E-state index contributed by atoms with van der Waals surface area (Å²) in [5.74, 6) is 0. The predicted molar refractivity (Wildman–Crippen MR) is 90.8 cm³/mol. The highest BCUT2D eigenvalue weighted by Gasteiger charge is 2.14. The lowest BCUT2D eigenvalue weighted by Crippen LogP contribution is -2.22. The van der Waals surface area contributed by atoms with Gasteiger partial charge in [0.05, 0.1) is 11.7 Å². The molecule has 3 rings (SSSR count). The van der Waals surface area contributed by atoms with E-state index < -0.39 is 0 Å². The predicted octanol–water partition coefficient (Wildman–Crippen LogP) is 4.58. The van der Waals surface area contributed by atoms with Gasteiger partial charge in [0, 0.05) is 11.6 Å². The van der Waals surface area contributed by atoms with Crippen LogP contribution in [-0.4, -0.2) is 11.5 Å². The monoisotopic (exact) mass is 296 g/mol. The zero-order chi connectivity index (χ0) is 14.5. The summed E-state index contributed by atoms with van der Waals surface area (Å²) in [7, 11) is 0. The number of nitrogens with zero attached hydrogens (tertiary/aromatic N) is 1. The van der Waals surface area contributed by atoms with E-state index in [1.165, 1.54) is 22.0 Å². The van der Waals surface area contributed by atoms with Crippen LogP contribution in [0.1, 0.15) is 30.6 Å². The van der Waals surface area contributed by atoms with Gasteiger partial charge in [-0.25, -0.2) is 0 Å². The van der Waals surface area contributed by atoms with Crippen LogP contribution in [-0.2, 0) is 6.42 Å². The van der Waals surface area contributed by atoms with Crippen LogP contribution < -0.4 is 5.32 Å². The Bertz CT molecular complexity index is 686. The minimum atomic E-state index is 0.306. The Morgan fingerprint density at radius 1 is 1.19 bits per heavy atom. The first kappa shape index (κ1) is 14.2. The molecule has 0 amide bonds. The van der Waals surface area contributed by atoms with E-state index in [9.17, 15) is 0 Å². The van der Waals surface area contributed by atoms with Crippen LogP contribution in [0.15, 0.2) is 53.4 Å². The lowest BCUT2D eigenvalue weighted by atomic mass is 9.99. The van der Waals surface area contributed by atoms with Crippen molar-refractivity contribution in [2.45, 2.75) is 25.8 Å². The molecule has 0 saturated heterocycles. The summed E-state index contributed by atoms with van der Waals surface area (Å²) in [6.45, 7) is 3.11. The maximum Gasteiger partial charge on any atom is 0.0651 e. The van der Waals surface area contributed by atoms with Gasteiger partial charge in [0.25, 0.3) is 0 Å². The zero-order valence-corrected chi connectivity index (χ0v) is 13.1. The molecule has 3 heteroatoms. The highest BCUT2D eigenvalue weighted by molar-refractivity contribution is 7.07. The van der Waals surface area contributed by atoms with Crippen molar-refractivity contribution in [2.24, 2.45) is 0 Å². The minimum absolute atomic E-state index is 0.306. The summed E-state index contributed by atoms with van der Waals surface area (Å²) in [5, 5.41) is 10.5. The van der Waals surface area contributed by atoms with Crippen molar-refractivity contribution in [3.63, 3.8) is 0 Å². The third-order valence-corrected chi connectivity index (χ3v) is 4.52. The first-order chi connectivity index (χ1) is 10.4. The second-order valence-electron chi connectivity index (χ2n) is 5.20. The Morgan fingerprint density at radius 3 is 2.90 bits per heavy atom. The average Bonchev–Trinajstić information content (AvgIpc) is 3.04. The smallest absolute Gasteiger partial charge is 0.0651 e. The SMILES string of the molecule is CCNC(CCc1ccsc1)c1nccc2ccccc12. The fourth-order valence-corrected chi connectivity index (χ4v) is 3.45. The van der Waals surface area contributed by atoms with Crippen molar-refractivity contribution in [2.75, 3.05) is 6.54 Å². The summed E-state index contributed by atoms with van der Waals surface area (Å²) >= 11 is 1.77. The number of fused-ring (bicyclic) bond motifs is 1. The number of thiophene rings is 1. The molecule has 1 unspecified atom stereocenters. The molecule has 0 radical (unpaired) electrons. The first-order valence-electron chi connectivity index (χ1n) is 7.46. The molecule has 21 heavy (non-hydrogen) atoms. The third-order valence-electron chi connectivity index (χ3n) is 3.79.